The molecule has 2 aromatic rings. The Morgan fingerprint density at radius 1 is 1.35 bits per heavy atom. The number of nitrogens with two attached hydrogens (primary N) is 1. The minimum atomic E-state index is -0.207. The SMILES string of the molecule is CCOC1CC2C(CO)OC(n3cnc4c(N)ncnc43)C2C1. The number of anilines is 1. The first kappa shape index (κ1) is 14.8. The van der Waals surface area contributed by atoms with E-state index in [0.29, 0.717) is 23.6 Å². The minimum absolute atomic E-state index is 0.0142. The molecule has 2 aromatic heterocycles. The van der Waals surface area contributed by atoms with Crippen molar-refractivity contribution in [1.82, 2.24) is 19.5 Å². The molecule has 2 fully saturated rings. The summed E-state index contributed by atoms with van der Waals surface area (Å²) in [4.78, 5) is 12.6. The molecule has 8 heteroatoms. The molecule has 0 aromatic carbocycles. The molecule has 1 saturated heterocycles. The van der Waals surface area contributed by atoms with E-state index in [-0.39, 0.29) is 36.9 Å². The average Bonchev–Trinajstić information content (AvgIpc) is 3.21. The highest BCUT2D eigenvalue weighted by atomic mass is 16.5. The number of aliphatic hydroxyl groups excluding tert-OH is 1. The maximum Gasteiger partial charge on any atom is 0.167 e. The molecule has 5 atom stereocenters. The Morgan fingerprint density at radius 2 is 2.17 bits per heavy atom. The second-order valence-corrected chi connectivity index (χ2v) is 6.21. The van der Waals surface area contributed by atoms with Crippen LogP contribution in [0.1, 0.15) is 26.0 Å². The normalized spacial score (nSPS) is 33.4. The van der Waals surface area contributed by atoms with Crippen LogP contribution >= 0.6 is 0 Å². The molecule has 1 saturated carbocycles. The molecule has 1 aliphatic heterocycles. The summed E-state index contributed by atoms with van der Waals surface area (Å²) < 4.78 is 13.8. The lowest BCUT2D eigenvalue weighted by molar-refractivity contribution is -0.0523. The van der Waals surface area contributed by atoms with Gasteiger partial charge in [-0.3, -0.25) is 4.57 Å². The second kappa shape index (κ2) is 5.70. The van der Waals surface area contributed by atoms with Crippen LogP contribution < -0.4 is 5.73 Å². The van der Waals surface area contributed by atoms with Gasteiger partial charge in [0.1, 0.15) is 18.1 Å². The number of imidazole rings is 1. The summed E-state index contributed by atoms with van der Waals surface area (Å²) in [5, 5.41) is 9.67. The van der Waals surface area contributed by atoms with Gasteiger partial charge in [-0.2, -0.15) is 0 Å². The molecule has 4 rings (SSSR count). The lowest BCUT2D eigenvalue weighted by atomic mass is 9.93. The van der Waals surface area contributed by atoms with Crippen LogP contribution in [0.25, 0.3) is 11.2 Å². The summed E-state index contributed by atoms with van der Waals surface area (Å²) in [5.41, 5.74) is 7.11. The van der Waals surface area contributed by atoms with Gasteiger partial charge in [-0.15, -0.1) is 0 Å². The van der Waals surface area contributed by atoms with Crippen LogP contribution in [-0.2, 0) is 9.47 Å². The van der Waals surface area contributed by atoms with E-state index in [1.54, 1.807) is 6.33 Å². The zero-order valence-electron chi connectivity index (χ0n) is 13.0. The van der Waals surface area contributed by atoms with E-state index in [4.69, 9.17) is 15.2 Å². The Balaban J connectivity index is 1.69. The van der Waals surface area contributed by atoms with Crippen LogP contribution in [0.3, 0.4) is 0 Å². The summed E-state index contributed by atoms with van der Waals surface area (Å²) in [5.74, 6) is 0.927. The number of aromatic nitrogens is 4. The fraction of sp³-hybridized carbons (Fsp3) is 0.667. The fourth-order valence-corrected chi connectivity index (χ4v) is 4.07. The Morgan fingerprint density at radius 3 is 2.96 bits per heavy atom. The monoisotopic (exact) mass is 319 g/mol. The minimum Gasteiger partial charge on any atom is -0.394 e. The van der Waals surface area contributed by atoms with Crippen LogP contribution in [0.15, 0.2) is 12.7 Å². The Hall–Kier alpha value is -1.77. The first-order valence-corrected chi connectivity index (χ1v) is 8.03. The van der Waals surface area contributed by atoms with Gasteiger partial charge in [0.05, 0.1) is 25.1 Å². The number of nitrogens with zero attached hydrogens (tertiary/aromatic N) is 4. The van der Waals surface area contributed by atoms with Gasteiger partial charge < -0.3 is 20.3 Å². The van der Waals surface area contributed by atoms with Crippen molar-refractivity contribution >= 4 is 17.0 Å². The summed E-state index contributed by atoms with van der Waals surface area (Å²) in [6, 6.07) is 0. The van der Waals surface area contributed by atoms with Crippen molar-refractivity contribution in [3.8, 4) is 0 Å². The number of ether oxygens (including phenoxy) is 2. The number of nitrogen functional groups attached to an aromatic ring is 1. The lowest BCUT2D eigenvalue weighted by Crippen LogP contribution is -2.22. The zero-order chi connectivity index (χ0) is 16.0. The molecule has 8 nitrogen and oxygen atoms in total. The predicted octanol–water partition coefficient (Wildman–Crippen LogP) is 0.729. The third-order valence-electron chi connectivity index (χ3n) is 5.02. The Labute approximate surface area is 133 Å². The van der Waals surface area contributed by atoms with Crippen LogP contribution in [0.4, 0.5) is 5.82 Å². The van der Waals surface area contributed by atoms with Crippen molar-refractivity contribution in [3.05, 3.63) is 12.7 Å². The smallest absolute Gasteiger partial charge is 0.167 e. The van der Waals surface area contributed by atoms with Crippen LogP contribution in [-0.4, -0.2) is 50.0 Å². The Kier molecular flexibility index (Phi) is 3.67. The summed E-state index contributed by atoms with van der Waals surface area (Å²) in [7, 11) is 0. The first-order chi connectivity index (χ1) is 11.2. The molecule has 0 radical (unpaired) electrons. The maximum absolute atomic E-state index is 9.67. The summed E-state index contributed by atoms with van der Waals surface area (Å²) in [6.07, 6.45) is 4.82. The van der Waals surface area contributed by atoms with Gasteiger partial charge in [0.25, 0.3) is 0 Å². The second-order valence-electron chi connectivity index (χ2n) is 6.21. The van der Waals surface area contributed by atoms with Crippen LogP contribution in [0.5, 0.6) is 0 Å². The highest BCUT2D eigenvalue weighted by Gasteiger charge is 2.51. The van der Waals surface area contributed by atoms with Gasteiger partial charge in [0.2, 0.25) is 0 Å². The molecule has 0 amide bonds. The lowest BCUT2D eigenvalue weighted by Gasteiger charge is -2.20. The first-order valence-electron chi connectivity index (χ1n) is 8.03. The quantitative estimate of drug-likeness (QED) is 0.855. The number of hydrogen-bond donors (Lipinski definition) is 2. The maximum atomic E-state index is 9.67. The molecule has 3 N–H and O–H groups in total. The van der Waals surface area contributed by atoms with Gasteiger partial charge in [-0.25, -0.2) is 15.0 Å². The average molecular weight is 319 g/mol. The Bertz CT molecular complexity index is 705. The van der Waals surface area contributed by atoms with Gasteiger partial charge in [0.15, 0.2) is 11.5 Å². The van der Waals surface area contributed by atoms with Crippen molar-refractivity contribution in [2.24, 2.45) is 11.8 Å². The number of aliphatic hydroxyl groups is 1. The number of fused-ring (bicyclic) bond motifs is 2. The van der Waals surface area contributed by atoms with Crippen LogP contribution in [0, 0.1) is 11.8 Å². The van der Waals surface area contributed by atoms with Crippen molar-refractivity contribution in [1.29, 1.82) is 0 Å². The number of rotatable bonds is 4. The molecule has 23 heavy (non-hydrogen) atoms. The van der Waals surface area contributed by atoms with E-state index in [9.17, 15) is 5.11 Å². The summed E-state index contributed by atoms with van der Waals surface area (Å²) in [6.45, 7) is 2.73. The van der Waals surface area contributed by atoms with E-state index in [0.717, 1.165) is 12.8 Å². The standard InChI is InChI=1S/C15H21N5O3/c1-2-22-8-3-9-10(4-8)15(23-11(9)5-21)20-7-19-12-13(16)17-6-18-14(12)20/h6-11,15,21H,2-5H2,1H3,(H2,16,17,18). The molecular formula is C15H21N5O3. The van der Waals surface area contributed by atoms with E-state index in [1.165, 1.54) is 6.33 Å². The number of hydrogen-bond acceptors (Lipinski definition) is 7. The molecule has 124 valence electrons. The highest BCUT2D eigenvalue weighted by Crippen LogP contribution is 2.50. The predicted molar refractivity (Wildman–Crippen MR) is 82.4 cm³/mol. The third kappa shape index (κ3) is 2.29. The van der Waals surface area contributed by atoms with Gasteiger partial charge in [-0.1, -0.05) is 0 Å². The topological polar surface area (TPSA) is 108 Å². The van der Waals surface area contributed by atoms with Gasteiger partial charge >= 0.3 is 0 Å². The van der Waals surface area contributed by atoms with Crippen molar-refractivity contribution in [3.63, 3.8) is 0 Å². The largest absolute Gasteiger partial charge is 0.394 e. The van der Waals surface area contributed by atoms with E-state index in [1.807, 2.05) is 11.5 Å². The molecule has 0 spiro atoms. The van der Waals surface area contributed by atoms with Crippen molar-refractivity contribution in [2.45, 2.75) is 38.2 Å². The van der Waals surface area contributed by atoms with E-state index in [2.05, 4.69) is 15.0 Å². The molecule has 1 aliphatic carbocycles. The third-order valence-corrected chi connectivity index (χ3v) is 5.02. The molecular weight excluding hydrogens is 298 g/mol. The molecule has 5 unspecified atom stereocenters. The van der Waals surface area contributed by atoms with E-state index >= 15 is 0 Å². The molecule has 0 bridgehead atoms. The van der Waals surface area contributed by atoms with E-state index < -0.39 is 0 Å². The van der Waals surface area contributed by atoms with Crippen LogP contribution in [0.2, 0.25) is 0 Å². The van der Waals surface area contributed by atoms with Crippen molar-refractivity contribution < 1.29 is 14.6 Å². The molecule has 3 heterocycles. The fourth-order valence-electron chi connectivity index (χ4n) is 4.07. The van der Waals surface area contributed by atoms with Gasteiger partial charge in [0, 0.05) is 12.5 Å². The zero-order valence-corrected chi connectivity index (χ0v) is 13.0. The van der Waals surface area contributed by atoms with Crippen molar-refractivity contribution in [2.75, 3.05) is 18.9 Å². The highest BCUT2D eigenvalue weighted by molar-refractivity contribution is 5.81. The molecule has 2 aliphatic rings. The van der Waals surface area contributed by atoms with Gasteiger partial charge in [-0.05, 0) is 25.7 Å². The summed E-state index contributed by atoms with van der Waals surface area (Å²) >= 11 is 0.